The summed E-state index contributed by atoms with van der Waals surface area (Å²) in [6, 6.07) is 0.152. The highest BCUT2D eigenvalue weighted by Crippen LogP contribution is 1.98. The zero-order valence-corrected chi connectivity index (χ0v) is 4.80. The Kier molecular flexibility index (Phi) is 1.83. The molecule has 0 aromatic carbocycles. The lowest BCUT2D eigenvalue weighted by Gasteiger charge is -2.23. The van der Waals surface area contributed by atoms with Crippen LogP contribution in [0.25, 0.3) is 0 Å². The van der Waals surface area contributed by atoms with Crippen LogP contribution in [0.3, 0.4) is 0 Å². The minimum absolute atomic E-state index is 0.152. The quantitative estimate of drug-likeness (QED) is 0.367. The van der Waals surface area contributed by atoms with Crippen molar-refractivity contribution in [1.82, 2.24) is 5.32 Å². The summed E-state index contributed by atoms with van der Waals surface area (Å²) in [6.45, 7) is 1.55. The normalized spacial score (nSPS) is 39.8. The van der Waals surface area contributed by atoms with Crippen LogP contribution in [0.1, 0.15) is 6.42 Å². The van der Waals surface area contributed by atoms with Gasteiger partial charge in [0, 0.05) is 19.1 Å². The van der Waals surface area contributed by atoms with E-state index in [1.54, 1.807) is 0 Å². The Labute approximate surface area is 48.9 Å². The molecule has 8 heavy (non-hydrogen) atoms. The van der Waals surface area contributed by atoms with E-state index in [1.165, 1.54) is 0 Å². The molecule has 1 aliphatic rings. The standard InChI is InChI=1S/C5H12N2O/c6-4-1-5(8)3-7-2-4/h4-5,7-8H,1-3,6H2/t4-,5-/m0/s1. The van der Waals surface area contributed by atoms with Crippen molar-refractivity contribution >= 4 is 0 Å². The first-order valence-electron chi connectivity index (χ1n) is 2.93. The maximum Gasteiger partial charge on any atom is 0.0679 e. The molecule has 0 amide bonds. The van der Waals surface area contributed by atoms with Crippen LogP contribution in [0.15, 0.2) is 0 Å². The van der Waals surface area contributed by atoms with E-state index in [0.717, 1.165) is 13.0 Å². The molecule has 4 N–H and O–H groups in total. The first-order chi connectivity index (χ1) is 3.79. The molecule has 3 nitrogen and oxygen atoms in total. The number of nitrogens with two attached hydrogens (primary N) is 1. The molecule has 0 aliphatic carbocycles. The van der Waals surface area contributed by atoms with E-state index in [2.05, 4.69) is 5.32 Å². The molecule has 1 fully saturated rings. The predicted octanol–water partition coefficient (Wildman–Crippen LogP) is -1.33. The number of rotatable bonds is 0. The third kappa shape index (κ3) is 1.43. The minimum atomic E-state index is -0.223. The summed E-state index contributed by atoms with van der Waals surface area (Å²) in [7, 11) is 0. The maximum atomic E-state index is 8.94. The van der Waals surface area contributed by atoms with Crippen LogP contribution in [0.4, 0.5) is 0 Å². The zero-order chi connectivity index (χ0) is 5.98. The van der Waals surface area contributed by atoms with Crippen molar-refractivity contribution in [2.45, 2.75) is 18.6 Å². The fourth-order valence-corrected chi connectivity index (χ4v) is 0.951. The number of aliphatic hydroxyl groups excluding tert-OH is 1. The molecule has 1 rings (SSSR count). The van der Waals surface area contributed by atoms with Crippen molar-refractivity contribution in [2.75, 3.05) is 13.1 Å². The van der Waals surface area contributed by atoms with Gasteiger partial charge in [0.15, 0.2) is 0 Å². The Bertz CT molecular complexity index is 68.8. The second kappa shape index (κ2) is 2.44. The van der Waals surface area contributed by atoms with E-state index in [-0.39, 0.29) is 12.1 Å². The van der Waals surface area contributed by atoms with Crippen LogP contribution in [0, 0.1) is 0 Å². The Morgan fingerprint density at radius 3 is 2.62 bits per heavy atom. The molecular formula is C5H12N2O. The molecule has 0 saturated carbocycles. The minimum Gasteiger partial charge on any atom is -0.392 e. The fourth-order valence-electron chi connectivity index (χ4n) is 0.951. The molecule has 0 radical (unpaired) electrons. The average Bonchev–Trinajstić information content (AvgIpc) is 1.64. The molecule has 2 atom stereocenters. The van der Waals surface area contributed by atoms with E-state index in [0.29, 0.717) is 6.54 Å². The van der Waals surface area contributed by atoms with Gasteiger partial charge in [0.25, 0.3) is 0 Å². The van der Waals surface area contributed by atoms with Gasteiger partial charge >= 0.3 is 0 Å². The summed E-state index contributed by atoms with van der Waals surface area (Å²) in [6.07, 6.45) is 0.520. The molecule has 1 heterocycles. The van der Waals surface area contributed by atoms with Gasteiger partial charge in [0.2, 0.25) is 0 Å². The summed E-state index contributed by atoms with van der Waals surface area (Å²) in [5, 5.41) is 11.9. The molecule has 48 valence electrons. The van der Waals surface area contributed by atoms with Gasteiger partial charge in [-0.1, -0.05) is 0 Å². The molecule has 1 aliphatic heterocycles. The van der Waals surface area contributed by atoms with Gasteiger partial charge in [-0.3, -0.25) is 0 Å². The lowest BCUT2D eigenvalue weighted by atomic mass is 10.1. The van der Waals surface area contributed by atoms with Crippen molar-refractivity contribution in [3.63, 3.8) is 0 Å². The van der Waals surface area contributed by atoms with Crippen molar-refractivity contribution in [1.29, 1.82) is 0 Å². The topological polar surface area (TPSA) is 58.3 Å². The highest BCUT2D eigenvalue weighted by atomic mass is 16.3. The molecule has 0 unspecified atom stereocenters. The summed E-state index contributed by atoms with van der Waals surface area (Å²) in [5.74, 6) is 0. The van der Waals surface area contributed by atoms with E-state index in [4.69, 9.17) is 10.8 Å². The van der Waals surface area contributed by atoms with Crippen LogP contribution in [-0.2, 0) is 0 Å². The molecule has 0 aromatic rings. The smallest absolute Gasteiger partial charge is 0.0679 e. The van der Waals surface area contributed by atoms with Crippen LogP contribution >= 0.6 is 0 Å². The molecular weight excluding hydrogens is 104 g/mol. The van der Waals surface area contributed by atoms with Gasteiger partial charge in [-0.05, 0) is 6.42 Å². The van der Waals surface area contributed by atoms with Gasteiger partial charge < -0.3 is 16.2 Å². The SMILES string of the molecule is N[C@@H]1CNC[C@@H](O)C1. The van der Waals surface area contributed by atoms with Crippen molar-refractivity contribution < 1.29 is 5.11 Å². The summed E-state index contributed by atoms with van der Waals surface area (Å²) >= 11 is 0. The largest absolute Gasteiger partial charge is 0.392 e. The van der Waals surface area contributed by atoms with Crippen molar-refractivity contribution in [3.8, 4) is 0 Å². The van der Waals surface area contributed by atoms with E-state index in [1.807, 2.05) is 0 Å². The van der Waals surface area contributed by atoms with Crippen LogP contribution in [0.5, 0.6) is 0 Å². The van der Waals surface area contributed by atoms with Crippen LogP contribution in [0.2, 0.25) is 0 Å². The highest BCUT2D eigenvalue weighted by molar-refractivity contribution is 4.76. The molecule has 0 spiro atoms. The number of aliphatic hydroxyl groups is 1. The van der Waals surface area contributed by atoms with E-state index < -0.39 is 0 Å². The average molecular weight is 116 g/mol. The first kappa shape index (κ1) is 6.01. The number of β-amino-alcohol motifs (C(OH)–C–C–N with tert-alkyl or cyclic N) is 1. The van der Waals surface area contributed by atoms with Gasteiger partial charge in [-0.15, -0.1) is 0 Å². The summed E-state index contributed by atoms with van der Waals surface area (Å²) < 4.78 is 0. The molecule has 0 aromatic heterocycles. The van der Waals surface area contributed by atoms with E-state index in [9.17, 15) is 0 Å². The predicted molar refractivity (Wildman–Crippen MR) is 31.5 cm³/mol. The van der Waals surface area contributed by atoms with Crippen LogP contribution in [-0.4, -0.2) is 30.3 Å². The highest BCUT2D eigenvalue weighted by Gasteiger charge is 2.14. The second-order valence-electron chi connectivity index (χ2n) is 2.31. The van der Waals surface area contributed by atoms with Gasteiger partial charge in [-0.2, -0.15) is 0 Å². The van der Waals surface area contributed by atoms with Gasteiger partial charge in [-0.25, -0.2) is 0 Å². The Morgan fingerprint density at radius 1 is 1.50 bits per heavy atom. The van der Waals surface area contributed by atoms with E-state index >= 15 is 0 Å². The fraction of sp³-hybridized carbons (Fsp3) is 1.00. The number of hydrogen-bond donors (Lipinski definition) is 3. The lowest BCUT2D eigenvalue weighted by molar-refractivity contribution is 0.133. The van der Waals surface area contributed by atoms with Crippen LogP contribution < -0.4 is 11.1 Å². The van der Waals surface area contributed by atoms with Gasteiger partial charge in [0.05, 0.1) is 6.10 Å². The first-order valence-corrected chi connectivity index (χ1v) is 2.93. The van der Waals surface area contributed by atoms with Crippen molar-refractivity contribution in [2.24, 2.45) is 5.73 Å². The monoisotopic (exact) mass is 116 g/mol. The second-order valence-corrected chi connectivity index (χ2v) is 2.31. The summed E-state index contributed by atoms with van der Waals surface area (Å²) in [4.78, 5) is 0. The lowest BCUT2D eigenvalue weighted by Crippen LogP contribution is -2.46. The summed E-state index contributed by atoms with van der Waals surface area (Å²) in [5.41, 5.74) is 5.50. The molecule has 0 bridgehead atoms. The number of piperidine rings is 1. The Hall–Kier alpha value is -0.120. The third-order valence-electron chi connectivity index (χ3n) is 1.36. The van der Waals surface area contributed by atoms with Gasteiger partial charge in [0.1, 0.15) is 0 Å². The number of nitrogens with one attached hydrogen (secondary N) is 1. The Balaban J connectivity index is 2.23. The zero-order valence-electron chi connectivity index (χ0n) is 4.80. The number of hydrogen-bond acceptors (Lipinski definition) is 3. The molecule has 3 heteroatoms. The maximum absolute atomic E-state index is 8.94. The third-order valence-corrected chi connectivity index (χ3v) is 1.36. The molecule has 1 saturated heterocycles. The Morgan fingerprint density at radius 2 is 2.25 bits per heavy atom. The van der Waals surface area contributed by atoms with Crippen molar-refractivity contribution in [3.05, 3.63) is 0 Å².